The van der Waals surface area contributed by atoms with Crippen molar-refractivity contribution in [2.45, 2.75) is 73.8 Å². The van der Waals surface area contributed by atoms with E-state index in [4.69, 9.17) is 0 Å². The molecule has 1 amide bonds. The molecule has 0 aliphatic heterocycles. The largest absolute Gasteiger partial charge is 0.356 e. The van der Waals surface area contributed by atoms with Gasteiger partial charge in [0.05, 0.1) is 0 Å². The summed E-state index contributed by atoms with van der Waals surface area (Å²) in [6, 6.07) is 0. The highest BCUT2D eigenvalue weighted by Crippen LogP contribution is 2.26. The lowest BCUT2D eigenvalue weighted by atomic mass is 9.91. The Bertz CT molecular complexity index is 896. The minimum Gasteiger partial charge on any atom is -0.356 e. The molecule has 2 aromatic rings. The van der Waals surface area contributed by atoms with Crippen molar-refractivity contribution in [3.63, 3.8) is 0 Å². The number of anilines is 2. The average Bonchev–Trinajstić information content (AvgIpc) is 2.89. The van der Waals surface area contributed by atoms with Crippen LogP contribution in [-0.2, 0) is 10.3 Å². The van der Waals surface area contributed by atoms with Gasteiger partial charge in [-0.15, -0.1) is 0 Å². The summed E-state index contributed by atoms with van der Waals surface area (Å²) in [5, 5.41) is 6.02. The maximum absolute atomic E-state index is 12.6. The third-order valence-electron chi connectivity index (χ3n) is 4.34. The van der Waals surface area contributed by atoms with Crippen molar-refractivity contribution in [1.82, 2.24) is 19.5 Å². The predicted molar refractivity (Wildman–Crippen MR) is 114 cm³/mol. The van der Waals surface area contributed by atoms with Crippen molar-refractivity contribution in [3.05, 3.63) is 10.4 Å². The molecule has 156 valence electrons. The summed E-state index contributed by atoms with van der Waals surface area (Å²) >= 11 is 0. The smallest absolute Gasteiger partial charge is 0.280 e. The monoisotopic (exact) mass is 390 g/mol. The molecular weight excluding hydrogens is 356 g/mol. The molecule has 0 bridgehead atoms. The molecule has 0 aromatic carbocycles. The van der Waals surface area contributed by atoms with E-state index in [-0.39, 0.29) is 39.8 Å². The molecule has 0 aliphatic carbocycles. The molecule has 0 atom stereocenters. The minimum atomic E-state index is -0.371. The molecule has 0 aliphatic rings. The van der Waals surface area contributed by atoms with Crippen molar-refractivity contribution >= 4 is 29.0 Å². The summed E-state index contributed by atoms with van der Waals surface area (Å²) in [6.07, 6.45) is 2.08. The number of fused-ring (bicyclic) bond motifs is 1. The minimum absolute atomic E-state index is 0.140. The van der Waals surface area contributed by atoms with Crippen LogP contribution in [0.3, 0.4) is 0 Å². The maximum atomic E-state index is 12.6. The van der Waals surface area contributed by atoms with Crippen molar-refractivity contribution in [1.29, 1.82) is 0 Å². The molecule has 0 fully saturated rings. The first-order valence-electron chi connectivity index (χ1n) is 9.87. The molecule has 8 nitrogen and oxygen atoms in total. The van der Waals surface area contributed by atoms with Gasteiger partial charge in [-0.05, 0) is 39.0 Å². The summed E-state index contributed by atoms with van der Waals surface area (Å²) in [5.41, 5.74) is 0.268. The third-order valence-corrected chi connectivity index (χ3v) is 4.34. The van der Waals surface area contributed by atoms with Gasteiger partial charge in [-0.1, -0.05) is 34.6 Å². The Morgan fingerprint density at radius 2 is 1.79 bits per heavy atom. The molecule has 0 saturated heterocycles. The van der Waals surface area contributed by atoms with Gasteiger partial charge in [0.15, 0.2) is 11.2 Å². The quantitative estimate of drug-likeness (QED) is 0.652. The van der Waals surface area contributed by atoms with Gasteiger partial charge in [-0.3, -0.25) is 24.5 Å². The van der Waals surface area contributed by atoms with Crippen molar-refractivity contribution < 1.29 is 4.79 Å². The number of aromatic nitrogens is 4. The number of rotatable bonds is 6. The van der Waals surface area contributed by atoms with Gasteiger partial charge in [0.25, 0.3) is 5.56 Å². The van der Waals surface area contributed by atoms with Crippen molar-refractivity contribution in [2.24, 2.45) is 11.3 Å². The number of amides is 1. The molecule has 2 heterocycles. The van der Waals surface area contributed by atoms with Gasteiger partial charge in [-0.2, -0.15) is 4.98 Å². The van der Waals surface area contributed by atoms with E-state index in [1.54, 1.807) is 13.8 Å². The van der Waals surface area contributed by atoms with E-state index in [1.807, 2.05) is 25.3 Å². The molecular formula is C20H34N6O2. The van der Waals surface area contributed by atoms with Crippen LogP contribution in [0.4, 0.5) is 11.9 Å². The predicted octanol–water partition coefficient (Wildman–Crippen LogP) is 3.71. The first kappa shape index (κ1) is 21.9. The second-order valence-corrected chi connectivity index (χ2v) is 9.76. The zero-order valence-electron chi connectivity index (χ0n) is 18.4. The first-order chi connectivity index (χ1) is 12.8. The van der Waals surface area contributed by atoms with E-state index in [2.05, 4.69) is 46.4 Å². The lowest BCUT2D eigenvalue weighted by Crippen LogP contribution is -2.26. The Hall–Kier alpha value is -2.38. The second kappa shape index (κ2) is 7.93. The number of aromatic amines is 1. The molecule has 8 heteroatoms. The molecule has 2 aromatic heterocycles. The van der Waals surface area contributed by atoms with Crippen LogP contribution in [0.15, 0.2) is 4.79 Å². The van der Waals surface area contributed by atoms with Crippen LogP contribution in [0.2, 0.25) is 0 Å². The van der Waals surface area contributed by atoms with Gasteiger partial charge >= 0.3 is 0 Å². The lowest BCUT2D eigenvalue weighted by molar-refractivity contribution is -0.118. The highest BCUT2D eigenvalue weighted by molar-refractivity contribution is 5.91. The summed E-state index contributed by atoms with van der Waals surface area (Å²) in [6.45, 7) is 17.1. The molecule has 3 N–H and O–H groups in total. The molecule has 0 spiro atoms. The van der Waals surface area contributed by atoms with Crippen LogP contribution < -0.4 is 16.2 Å². The number of hydrogen-bond donors (Lipinski definition) is 3. The topological polar surface area (TPSA) is 105 Å². The van der Waals surface area contributed by atoms with Crippen LogP contribution in [0.25, 0.3) is 11.2 Å². The Morgan fingerprint density at radius 3 is 2.32 bits per heavy atom. The number of hydrogen-bond acceptors (Lipinski definition) is 5. The first-order valence-corrected chi connectivity index (χ1v) is 9.87. The average molecular weight is 391 g/mol. The van der Waals surface area contributed by atoms with Gasteiger partial charge in [0.1, 0.15) is 0 Å². The number of carbonyl (C=O) groups is 1. The highest BCUT2D eigenvalue weighted by atomic mass is 16.2. The molecule has 2 rings (SSSR count). The van der Waals surface area contributed by atoms with Crippen LogP contribution in [0.1, 0.15) is 68.2 Å². The normalized spacial score (nSPS) is 12.6. The fraction of sp³-hybridized carbons (Fsp3) is 0.700. The molecule has 28 heavy (non-hydrogen) atoms. The van der Waals surface area contributed by atoms with E-state index < -0.39 is 0 Å². The number of imidazole rings is 1. The number of carbonyl (C=O) groups excluding carboxylic acids is 1. The van der Waals surface area contributed by atoms with Gasteiger partial charge in [0, 0.05) is 18.0 Å². The molecule has 0 unspecified atom stereocenters. The number of nitrogens with zero attached hydrogens (tertiary/aromatic N) is 3. The summed E-state index contributed by atoms with van der Waals surface area (Å²) < 4.78 is 1.92. The van der Waals surface area contributed by atoms with E-state index in [0.29, 0.717) is 11.6 Å². The van der Waals surface area contributed by atoms with Gasteiger partial charge < -0.3 is 5.32 Å². The second-order valence-electron chi connectivity index (χ2n) is 9.76. The number of H-pyrrole nitrogens is 1. The molecule has 0 saturated carbocycles. The van der Waals surface area contributed by atoms with Crippen LogP contribution in [0, 0.1) is 11.3 Å². The fourth-order valence-corrected chi connectivity index (χ4v) is 2.86. The highest BCUT2D eigenvalue weighted by Gasteiger charge is 2.25. The Morgan fingerprint density at radius 1 is 1.14 bits per heavy atom. The van der Waals surface area contributed by atoms with Gasteiger partial charge in [-0.25, -0.2) is 4.98 Å². The van der Waals surface area contributed by atoms with Crippen LogP contribution in [0.5, 0.6) is 0 Å². The van der Waals surface area contributed by atoms with Crippen LogP contribution >= 0.6 is 0 Å². The Balaban J connectivity index is 2.41. The Kier molecular flexibility index (Phi) is 6.21. The van der Waals surface area contributed by atoms with Crippen molar-refractivity contribution in [3.8, 4) is 0 Å². The SMILES string of the molecule is CC(C)C(=O)Nc1nc2c(nc(NCCCC(C)(C)C)n2C(C)(C)C)c(=O)[nH]1. The van der Waals surface area contributed by atoms with Crippen LogP contribution in [-0.4, -0.2) is 32.0 Å². The summed E-state index contributed by atoms with van der Waals surface area (Å²) in [5.74, 6) is 0.334. The van der Waals surface area contributed by atoms with E-state index in [1.165, 1.54) is 0 Å². The third kappa shape index (κ3) is 5.33. The van der Waals surface area contributed by atoms with E-state index >= 15 is 0 Å². The van der Waals surface area contributed by atoms with E-state index in [0.717, 1.165) is 19.4 Å². The van der Waals surface area contributed by atoms with Gasteiger partial charge in [0.2, 0.25) is 17.8 Å². The molecule has 0 radical (unpaired) electrons. The zero-order valence-corrected chi connectivity index (χ0v) is 18.4. The van der Waals surface area contributed by atoms with Crippen molar-refractivity contribution in [2.75, 3.05) is 17.2 Å². The number of nitrogens with one attached hydrogen (secondary N) is 3. The fourth-order valence-electron chi connectivity index (χ4n) is 2.86. The maximum Gasteiger partial charge on any atom is 0.280 e. The van der Waals surface area contributed by atoms with E-state index in [9.17, 15) is 9.59 Å². The Labute approximate surface area is 166 Å². The standard InChI is InChI=1S/C20H34N6O2/c1-12(2)15(27)24-17-23-14-13(16(28)25-17)22-18(26(14)20(6,7)8)21-11-9-10-19(3,4)5/h12H,9-11H2,1-8H3,(H,21,22)(H2,23,24,25,27,28). The lowest BCUT2D eigenvalue weighted by Gasteiger charge is -2.24. The summed E-state index contributed by atoms with van der Waals surface area (Å²) in [4.78, 5) is 36.1. The zero-order chi connectivity index (χ0) is 21.3. The summed E-state index contributed by atoms with van der Waals surface area (Å²) in [7, 11) is 0.